The third kappa shape index (κ3) is 1.16. The van der Waals surface area contributed by atoms with Gasteiger partial charge in [-0.3, -0.25) is 0 Å². The van der Waals surface area contributed by atoms with E-state index in [0.29, 0.717) is 5.92 Å². The van der Waals surface area contributed by atoms with E-state index in [9.17, 15) is 4.79 Å². The van der Waals surface area contributed by atoms with Gasteiger partial charge in [-0.1, -0.05) is 0 Å². The first-order chi connectivity index (χ1) is 5.79. The van der Waals surface area contributed by atoms with Gasteiger partial charge in [-0.2, -0.15) is 0 Å². The lowest BCUT2D eigenvalue weighted by Gasteiger charge is -2.30. The highest BCUT2D eigenvalue weighted by Gasteiger charge is 2.37. The van der Waals surface area contributed by atoms with Gasteiger partial charge in [0.2, 0.25) is 0 Å². The Morgan fingerprint density at radius 2 is 2.33 bits per heavy atom. The molecule has 2 fully saturated rings. The Morgan fingerprint density at radius 1 is 1.50 bits per heavy atom. The Kier molecular flexibility index (Phi) is 1.92. The normalized spacial score (nSPS) is 34.8. The van der Waals surface area contributed by atoms with Gasteiger partial charge in [0, 0.05) is 13.1 Å². The average Bonchev–Trinajstić information content (AvgIpc) is 2.47. The fourth-order valence-electron chi connectivity index (χ4n) is 2.31. The predicted octanol–water partition coefficient (Wildman–Crippen LogP) is 0.348. The largest absolute Gasteiger partial charge is 0.465 e. The van der Waals surface area contributed by atoms with E-state index in [4.69, 9.17) is 5.11 Å². The summed E-state index contributed by atoms with van der Waals surface area (Å²) in [5.41, 5.74) is 0. The van der Waals surface area contributed by atoms with E-state index in [-0.39, 0.29) is 6.04 Å². The molecule has 0 saturated carbocycles. The first-order valence-electron chi connectivity index (χ1n) is 4.49. The first-order valence-corrected chi connectivity index (χ1v) is 4.49. The quantitative estimate of drug-likeness (QED) is 0.551. The molecular formula is C8H14N2O2. The van der Waals surface area contributed by atoms with Crippen LogP contribution in [0, 0.1) is 5.92 Å². The molecule has 1 amide bonds. The highest BCUT2D eigenvalue weighted by molar-refractivity contribution is 5.66. The van der Waals surface area contributed by atoms with E-state index in [1.807, 2.05) is 0 Å². The molecule has 2 N–H and O–H groups in total. The molecule has 2 heterocycles. The van der Waals surface area contributed by atoms with Gasteiger partial charge in [0.25, 0.3) is 0 Å². The number of rotatable bonds is 0. The Labute approximate surface area is 71.5 Å². The molecular weight excluding hydrogens is 156 g/mol. The van der Waals surface area contributed by atoms with Gasteiger partial charge in [-0.25, -0.2) is 4.79 Å². The predicted molar refractivity (Wildman–Crippen MR) is 44.1 cm³/mol. The number of carbonyl (C=O) groups is 1. The molecule has 4 heteroatoms. The Morgan fingerprint density at radius 3 is 3.08 bits per heavy atom. The third-order valence-electron chi connectivity index (χ3n) is 2.98. The van der Waals surface area contributed by atoms with Crippen molar-refractivity contribution in [3.63, 3.8) is 0 Å². The maximum absolute atomic E-state index is 10.8. The Bertz CT molecular complexity index is 195. The van der Waals surface area contributed by atoms with Gasteiger partial charge >= 0.3 is 6.09 Å². The number of hydrogen-bond acceptors (Lipinski definition) is 2. The Hall–Kier alpha value is -0.770. The van der Waals surface area contributed by atoms with Crippen LogP contribution >= 0.6 is 0 Å². The van der Waals surface area contributed by atoms with Crippen LogP contribution in [0.25, 0.3) is 0 Å². The fourth-order valence-corrected chi connectivity index (χ4v) is 2.31. The molecule has 0 aromatic heterocycles. The molecule has 2 aliphatic rings. The van der Waals surface area contributed by atoms with Crippen molar-refractivity contribution < 1.29 is 9.90 Å². The second kappa shape index (κ2) is 2.94. The number of nitrogens with zero attached hydrogens (tertiary/aromatic N) is 1. The maximum Gasteiger partial charge on any atom is 0.407 e. The van der Waals surface area contributed by atoms with Crippen LogP contribution < -0.4 is 5.32 Å². The van der Waals surface area contributed by atoms with Crippen LogP contribution in [0.1, 0.15) is 12.8 Å². The number of hydrogen-bond donors (Lipinski definition) is 2. The lowest BCUT2D eigenvalue weighted by molar-refractivity contribution is 0.128. The van der Waals surface area contributed by atoms with Crippen molar-refractivity contribution in [2.45, 2.75) is 18.9 Å². The molecule has 0 aromatic carbocycles. The zero-order valence-electron chi connectivity index (χ0n) is 6.99. The van der Waals surface area contributed by atoms with Crippen molar-refractivity contribution in [1.29, 1.82) is 0 Å². The molecule has 0 radical (unpaired) electrons. The van der Waals surface area contributed by atoms with Crippen molar-refractivity contribution >= 4 is 6.09 Å². The minimum atomic E-state index is -0.758. The topological polar surface area (TPSA) is 52.6 Å². The minimum Gasteiger partial charge on any atom is -0.465 e. The SMILES string of the molecule is O=C(O)N1CCC2CCNCC21. The van der Waals surface area contributed by atoms with Crippen LogP contribution in [0.5, 0.6) is 0 Å². The van der Waals surface area contributed by atoms with Crippen molar-refractivity contribution in [2.24, 2.45) is 5.92 Å². The average molecular weight is 170 g/mol. The molecule has 4 nitrogen and oxygen atoms in total. The van der Waals surface area contributed by atoms with E-state index in [2.05, 4.69) is 5.32 Å². The van der Waals surface area contributed by atoms with Crippen molar-refractivity contribution in [3.05, 3.63) is 0 Å². The van der Waals surface area contributed by atoms with Crippen LogP contribution in [-0.2, 0) is 0 Å². The number of piperidine rings is 1. The van der Waals surface area contributed by atoms with E-state index in [1.54, 1.807) is 4.90 Å². The standard InChI is InChI=1S/C8H14N2O2/c11-8(12)10-4-2-6-1-3-9-5-7(6)10/h6-7,9H,1-5H2,(H,11,12). The molecule has 0 aliphatic carbocycles. The van der Waals surface area contributed by atoms with E-state index < -0.39 is 6.09 Å². The number of amides is 1. The summed E-state index contributed by atoms with van der Waals surface area (Å²) in [5, 5.41) is 12.1. The van der Waals surface area contributed by atoms with E-state index in [1.165, 1.54) is 0 Å². The summed E-state index contributed by atoms with van der Waals surface area (Å²) in [5.74, 6) is 0.613. The van der Waals surface area contributed by atoms with Gasteiger partial charge in [-0.15, -0.1) is 0 Å². The molecule has 2 saturated heterocycles. The van der Waals surface area contributed by atoms with Crippen LogP contribution in [0.15, 0.2) is 0 Å². The van der Waals surface area contributed by atoms with Crippen LogP contribution in [-0.4, -0.2) is 41.8 Å². The molecule has 0 spiro atoms. The summed E-state index contributed by atoms with van der Waals surface area (Å²) in [7, 11) is 0. The lowest BCUT2D eigenvalue weighted by atomic mass is 9.94. The number of fused-ring (bicyclic) bond motifs is 1. The molecule has 68 valence electrons. The van der Waals surface area contributed by atoms with E-state index in [0.717, 1.165) is 32.5 Å². The fraction of sp³-hybridized carbons (Fsp3) is 0.875. The highest BCUT2D eigenvalue weighted by Crippen LogP contribution is 2.28. The molecule has 2 atom stereocenters. The highest BCUT2D eigenvalue weighted by atomic mass is 16.4. The zero-order chi connectivity index (χ0) is 8.55. The Balaban J connectivity index is 2.05. The van der Waals surface area contributed by atoms with Gasteiger partial charge < -0.3 is 15.3 Å². The molecule has 2 aliphatic heterocycles. The van der Waals surface area contributed by atoms with Crippen LogP contribution in [0.2, 0.25) is 0 Å². The smallest absolute Gasteiger partial charge is 0.407 e. The van der Waals surface area contributed by atoms with Gasteiger partial charge in [0.15, 0.2) is 0 Å². The number of carboxylic acid groups (broad SMARTS) is 1. The third-order valence-corrected chi connectivity index (χ3v) is 2.98. The molecule has 2 unspecified atom stereocenters. The van der Waals surface area contributed by atoms with Crippen molar-refractivity contribution in [1.82, 2.24) is 10.2 Å². The first kappa shape index (κ1) is 7.86. The number of nitrogens with one attached hydrogen (secondary N) is 1. The molecule has 0 aromatic rings. The van der Waals surface area contributed by atoms with Crippen LogP contribution in [0.3, 0.4) is 0 Å². The molecule has 0 bridgehead atoms. The molecule has 12 heavy (non-hydrogen) atoms. The van der Waals surface area contributed by atoms with Crippen molar-refractivity contribution in [2.75, 3.05) is 19.6 Å². The van der Waals surface area contributed by atoms with Gasteiger partial charge in [-0.05, 0) is 25.3 Å². The summed E-state index contributed by atoms with van der Waals surface area (Å²) in [4.78, 5) is 12.3. The van der Waals surface area contributed by atoms with Gasteiger partial charge in [0.1, 0.15) is 0 Å². The van der Waals surface area contributed by atoms with Crippen molar-refractivity contribution in [3.8, 4) is 0 Å². The maximum atomic E-state index is 10.8. The summed E-state index contributed by atoms with van der Waals surface area (Å²) in [6.45, 7) is 2.62. The second-order valence-corrected chi connectivity index (χ2v) is 3.58. The van der Waals surface area contributed by atoms with E-state index >= 15 is 0 Å². The summed E-state index contributed by atoms with van der Waals surface area (Å²) < 4.78 is 0. The summed E-state index contributed by atoms with van der Waals surface area (Å²) in [6, 6.07) is 0.247. The summed E-state index contributed by atoms with van der Waals surface area (Å²) in [6.07, 6.45) is 1.43. The summed E-state index contributed by atoms with van der Waals surface area (Å²) >= 11 is 0. The molecule has 2 rings (SSSR count). The number of likely N-dealkylation sites (tertiary alicyclic amines) is 1. The van der Waals surface area contributed by atoms with Gasteiger partial charge in [0.05, 0.1) is 6.04 Å². The second-order valence-electron chi connectivity index (χ2n) is 3.58. The zero-order valence-corrected chi connectivity index (χ0v) is 6.99. The minimum absolute atomic E-state index is 0.247. The monoisotopic (exact) mass is 170 g/mol. The van der Waals surface area contributed by atoms with Crippen LogP contribution in [0.4, 0.5) is 4.79 Å². The lowest BCUT2D eigenvalue weighted by Crippen LogP contribution is -2.47.